The van der Waals surface area contributed by atoms with E-state index in [-0.39, 0.29) is 11.7 Å². The van der Waals surface area contributed by atoms with E-state index in [2.05, 4.69) is 4.98 Å². The number of nitrogens with one attached hydrogen (secondary N) is 1. The number of aromatic nitrogens is 1. The molecule has 0 saturated carbocycles. The lowest BCUT2D eigenvalue weighted by atomic mass is 10.1. The summed E-state index contributed by atoms with van der Waals surface area (Å²) in [5.41, 5.74) is 1.89. The SMILES string of the molecule is COc1cc(C(=O)OCC(=O)c2c[nH]c(C(=O)N3CCCC3)c2)ccc1C. The number of carbonyl (C=O) groups excluding carboxylic acids is 3. The van der Waals surface area contributed by atoms with Gasteiger partial charge in [0.2, 0.25) is 5.78 Å². The minimum Gasteiger partial charge on any atom is -0.496 e. The maximum atomic E-state index is 12.3. The number of H-pyrrole nitrogens is 1. The number of likely N-dealkylation sites (tertiary alicyclic amines) is 1. The molecule has 142 valence electrons. The van der Waals surface area contributed by atoms with Crippen molar-refractivity contribution >= 4 is 17.7 Å². The molecule has 0 radical (unpaired) electrons. The van der Waals surface area contributed by atoms with Crippen molar-refractivity contribution in [1.82, 2.24) is 9.88 Å². The molecule has 2 aromatic rings. The molecule has 0 atom stereocenters. The van der Waals surface area contributed by atoms with E-state index in [1.165, 1.54) is 19.4 Å². The number of ketones is 1. The Morgan fingerprint density at radius 3 is 2.56 bits per heavy atom. The highest BCUT2D eigenvalue weighted by molar-refractivity contribution is 6.02. The van der Waals surface area contributed by atoms with Crippen LogP contribution in [0.5, 0.6) is 5.75 Å². The van der Waals surface area contributed by atoms with Crippen LogP contribution in [-0.2, 0) is 4.74 Å². The number of hydrogen-bond acceptors (Lipinski definition) is 5. The van der Waals surface area contributed by atoms with Crippen LogP contribution in [-0.4, -0.2) is 54.3 Å². The van der Waals surface area contributed by atoms with Gasteiger partial charge in [0, 0.05) is 24.8 Å². The number of benzene rings is 1. The molecule has 1 aliphatic heterocycles. The minimum atomic E-state index is -0.606. The molecule has 27 heavy (non-hydrogen) atoms. The Morgan fingerprint density at radius 2 is 1.85 bits per heavy atom. The first-order chi connectivity index (χ1) is 13.0. The molecule has 2 heterocycles. The van der Waals surface area contributed by atoms with Crippen LogP contribution in [0.1, 0.15) is 49.6 Å². The zero-order valence-corrected chi connectivity index (χ0v) is 15.4. The Kier molecular flexibility index (Phi) is 5.59. The van der Waals surface area contributed by atoms with E-state index < -0.39 is 12.6 Å². The van der Waals surface area contributed by atoms with Crippen LogP contribution >= 0.6 is 0 Å². The number of rotatable bonds is 6. The van der Waals surface area contributed by atoms with E-state index in [1.807, 2.05) is 6.92 Å². The summed E-state index contributed by atoms with van der Waals surface area (Å²) in [6.45, 7) is 2.94. The molecule has 1 saturated heterocycles. The Balaban J connectivity index is 1.59. The van der Waals surface area contributed by atoms with E-state index in [4.69, 9.17) is 9.47 Å². The predicted octanol–water partition coefficient (Wildman–Crippen LogP) is 2.61. The van der Waals surface area contributed by atoms with Crippen molar-refractivity contribution in [2.45, 2.75) is 19.8 Å². The van der Waals surface area contributed by atoms with Gasteiger partial charge in [-0.25, -0.2) is 4.79 Å². The highest BCUT2D eigenvalue weighted by Gasteiger charge is 2.22. The van der Waals surface area contributed by atoms with Crippen LogP contribution in [0.25, 0.3) is 0 Å². The van der Waals surface area contributed by atoms with Gasteiger partial charge in [-0.3, -0.25) is 9.59 Å². The van der Waals surface area contributed by atoms with Gasteiger partial charge in [-0.15, -0.1) is 0 Å². The second kappa shape index (κ2) is 8.07. The Morgan fingerprint density at radius 1 is 1.11 bits per heavy atom. The monoisotopic (exact) mass is 370 g/mol. The number of methoxy groups -OCH3 is 1. The maximum Gasteiger partial charge on any atom is 0.338 e. The fourth-order valence-electron chi connectivity index (χ4n) is 3.01. The van der Waals surface area contributed by atoms with Gasteiger partial charge in [0.1, 0.15) is 11.4 Å². The highest BCUT2D eigenvalue weighted by Crippen LogP contribution is 2.19. The van der Waals surface area contributed by atoms with Gasteiger partial charge in [-0.2, -0.15) is 0 Å². The van der Waals surface area contributed by atoms with Gasteiger partial charge in [0.25, 0.3) is 5.91 Å². The Labute approximate surface area is 157 Å². The summed E-state index contributed by atoms with van der Waals surface area (Å²) in [6.07, 6.45) is 3.46. The molecule has 3 rings (SSSR count). The molecular formula is C20H22N2O5. The number of esters is 1. The number of nitrogens with zero attached hydrogens (tertiary/aromatic N) is 1. The van der Waals surface area contributed by atoms with Crippen LogP contribution in [0.15, 0.2) is 30.5 Å². The van der Waals surface area contributed by atoms with E-state index in [0.717, 1.165) is 31.5 Å². The topological polar surface area (TPSA) is 88.7 Å². The van der Waals surface area contributed by atoms with Gasteiger partial charge in [-0.05, 0) is 43.5 Å². The third kappa shape index (κ3) is 4.19. The van der Waals surface area contributed by atoms with Crippen molar-refractivity contribution in [2.75, 3.05) is 26.8 Å². The lowest BCUT2D eigenvalue weighted by Gasteiger charge is -2.13. The van der Waals surface area contributed by atoms with Gasteiger partial charge in [0.15, 0.2) is 6.61 Å². The maximum absolute atomic E-state index is 12.3. The smallest absolute Gasteiger partial charge is 0.338 e. The summed E-state index contributed by atoms with van der Waals surface area (Å²) in [5, 5.41) is 0. The van der Waals surface area contributed by atoms with E-state index >= 15 is 0 Å². The number of carbonyl (C=O) groups is 3. The normalized spacial score (nSPS) is 13.5. The fraction of sp³-hybridized carbons (Fsp3) is 0.350. The minimum absolute atomic E-state index is 0.115. The number of Topliss-reactive ketones (excluding diaryl/α,β-unsaturated/α-hetero) is 1. The van der Waals surface area contributed by atoms with E-state index in [0.29, 0.717) is 22.6 Å². The summed E-state index contributed by atoms with van der Waals surface area (Å²) in [7, 11) is 1.52. The molecule has 0 spiro atoms. The number of aromatic amines is 1. The van der Waals surface area contributed by atoms with Gasteiger partial charge in [0.05, 0.1) is 12.7 Å². The summed E-state index contributed by atoms with van der Waals surface area (Å²) in [6, 6.07) is 6.45. The molecular weight excluding hydrogens is 348 g/mol. The number of hydrogen-bond donors (Lipinski definition) is 1. The average molecular weight is 370 g/mol. The van der Waals surface area contributed by atoms with Crippen LogP contribution < -0.4 is 4.74 Å². The standard InChI is InChI=1S/C20H22N2O5/c1-13-5-6-14(10-18(13)26-2)20(25)27-12-17(23)15-9-16(21-11-15)19(24)22-7-3-4-8-22/h5-6,9-11,21H,3-4,7-8,12H2,1-2H3. The summed E-state index contributed by atoms with van der Waals surface area (Å²) in [5.74, 6) is -0.522. The lowest BCUT2D eigenvalue weighted by Crippen LogP contribution is -2.27. The Bertz CT molecular complexity index is 865. The average Bonchev–Trinajstić information content (AvgIpc) is 3.37. The van der Waals surface area contributed by atoms with Gasteiger partial charge in [-0.1, -0.05) is 6.07 Å². The van der Waals surface area contributed by atoms with Crippen LogP contribution in [0.2, 0.25) is 0 Å². The van der Waals surface area contributed by atoms with E-state index in [9.17, 15) is 14.4 Å². The highest BCUT2D eigenvalue weighted by atomic mass is 16.5. The first kappa shape index (κ1) is 18.7. The van der Waals surface area contributed by atoms with Crippen molar-refractivity contribution < 1.29 is 23.9 Å². The first-order valence-corrected chi connectivity index (χ1v) is 8.82. The molecule has 1 aliphatic rings. The molecule has 7 heteroatoms. The third-order valence-electron chi connectivity index (χ3n) is 4.61. The molecule has 1 aromatic carbocycles. The number of amides is 1. The lowest BCUT2D eigenvalue weighted by molar-refractivity contribution is 0.0474. The predicted molar refractivity (Wildman–Crippen MR) is 98.3 cm³/mol. The van der Waals surface area contributed by atoms with Crippen molar-refractivity contribution in [2.24, 2.45) is 0 Å². The van der Waals surface area contributed by atoms with Crippen LogP contribution in [0.4, 0.5) is 0 Å². The molecule has 1 N–H and O–H groups in total. The van der Waals surface area contributed by atoms with Gasteiger partial charge >= 0.3 is 5.97 Å². The third-order valence-corrected chi connectivity index (χ3v) is 4.61. The van der Waals surface area contributed by atoms with Crippen molar-refractivity contribution in [3.8, 4) is 5.75 Å². The van der Waals surface area contributed by atoms with Crippen molar-refractivity contribution in [3.05, 3.63) is 52.8 Å². The van der Waals surface area contributed by atoms with E-state index in [1.54, 1.807) is 23.1 Å². The zero-order valence-electron chi connectivity index (χ0n) is 15.4. The summed E-state index contributed by atoms with van der Waals surface area (Å²) < 4.78 is 10.3. The second-order valence-electron chi connectivity index (χ2n) is 6.49. The number of ether oxygens (including phenoxy) is 2. The molecule has 0 unspecified atom stereocenters. The summed E-state index contributed by atoms with van der Waals surface area (Å²) in [4.78, 5) is 41.3. The summed E-state index contributed by atoms with van der Waals surface area (Å²) >= 11 is 0. The van der Waals surface area contributed by atoms with Crippen LogP contribution in [0.3, 0.4) is 0 Å². The molecule has 0 aliphatic carbocycles. The molecule has 1 aromatic heterocycles. The molecule has 0 bridgehead atoms. The van der Waals surface area contributed by atoms with Crippen molar-refractivity contribution in [3.63, 3.8) is 0 Å². The largest absolute Gasteiger partial charge is 0.496 e. The fourth-order valence-corrected chi connectivity index (χ4v) is 3.01. The molecule has 7 nitrogen and oxygen atoms in total. The zero-order chi connectivity index (χ0) is 19.4. The first-order valence-electron chi connectivity index (χ1n) is 8.82. The van der Waals surface area contributed by atoms with Crippen LogP contribution in [0, 0.1) is 6.92 Å². The molecule has 1 fully saturated rings. The quantitative estimate of drug-likeness (QED) is 0.624. The second-order valence-corrected chi connectivity index (χ2v) is 6.49. The Hall–Kier alpha value is -3.09. The van der Waals surface area contributed by atoms with Gasteiger partial charge < -0.3 is 19.4 Å². The van der Waals surface area contributed by atoms with Crippen molar-refractivity contribution in [1.29, 1.82) is 0 Å². The molecule has 1 amide bonds. The number of aryl methyl sites for hydroxylation is 1.